The Morgan fingerprint density at radius 3 is 2.43 bits per heavy atom. The van der Waals surface area contributed by atoms with Gasteiger partial charge in [0.25, 0.3) is 0 Å². The Bertz CT molecular complexity index is 331. The van der Waals surface area contributed by atoms with E-state index in [2.05, 4.69) is 57.8 Å². The Hall–Kier alpha value is 0.870. The summed E-state index contributed by atoms with van der Waals surface area (Å²) in [7, 11) is 0. The van der Waals surface area contributed by atoms with Gasteiger partial charge in [-0.2, -0.15) is 0 Å². The number of hydrogen-bond acceptors (Lipinski definition) is 3. The van der Waals surface area contributed by atoms with Gasteiger partial charge in [0.2, 0.25) is 0 Å². The summed E-state index contributed by atoms with van der Waals surface area (Å²) in [5.74, 6) is 0. The maximum absolute atomic E-state index is 4.44. The van der Waals surface area contributed by atoms with Gasteiger partial charge < -0.3 is 0 Å². The van der Waals surface area contributed by atoms with Crippen molar-refractivity contribution in [1.82, 2.24) is 9.97 Å². The first-order valence-corrected chi connectivity index (χ1v) is 8.03. The Balaban J connectivity index is 3.27. The molecule has 0 aliphatic carbocycles. The lowest BCUT2D eigenvalue weighted by atomic mass is 10.2. The summed E-state index contributed by atoms with van der Waals surface area (Å²) < 4.78 is 0.0849. The fourth-order valence-corrected chi connectivity index (χ4v) is 2.82. The Morgan fingerprint density at radius 1 is 1.36 bits per heavy atom. The van der Waals surface area contributed by atoms with E-state index >= 15 is 0 Å². The second-order valence-corrected chi connectivity index (χ2v) is 7.00. The average molecular weight is 405 g/mol. The van der Waals surface area contributed by atoms with E-state index in [4.69, 9.17) is 0 Å². The average Bonchev–Trinajstić information content (AvgIpc) is 2.17. The number of aromatic nitrogens is 2. The molecule has 0 radical (unpaired) electrons. The molecule has 6 heteroatoms. The van der Waals surface area contributed by atoms with Gasteiger partial charge in [0.1, 0.15) is 3.74 Å². The van der Waals surface area contributed by atoms with Gasteiger partial charge >= 0.3 is 0 Å². The molecule has 0 saturated heterocycles. The van der Waals surface area contributed by atoms with Crippen molar-refractivity contribution in [2.24, 2.45) is 0 Å². The molecule has 0 unspecified atom stereocenters. The predicted octanol–water partition coefficient (Wildman–Crippen LogP) is 4.19. The smallest absolute Gasteiger partial charge is 0.187 e. The highest BCUT2D eigenvalue weighted by atomic mass is 79.9. The fraction of sp³-hybridized carbons (Fsp3) is 0.500. The molecule has 1 rings (SSSR count). The number of halogens is 3. The summed E-state index contributed by atoms with van der Waals surface area (Å²) in [5.41, 5.74) is 3.17. The normalized spacial score (nSPS) is 11.0. The van der Waals surface area contributed by atoms with E-state index in [0.717, 1.165) is 27.4 Å². The second-order valence-electron chi connectivity index (χ2n) is 2.60. The zero-order valence-corrected chi connectivity index (χ0v) is 13.3. The SMILES string of the molecule is CSc1nc(CBr)c(C)c(C(Br)Br)n1. The van der Waals surface area contributed by atoms with E-state index in [-0.39, 0.29) is 3.74 Å². The van der Waals surface area contributed by atoms with Crippen LogP contribution in [0.15, 0.2) is 5.16 Å². The van der Waals surface area contributed by atoms with Crippen molar-refractivity contribution in [2.75, 3.05) is 6.26 Å². The summed E-state index contributed by atoms with van der Waals surface area (Å²) in [6, 6.07) is 0. The molecule has 0 aliphatic heterocycles. The lowest BCUT2D eigenvalue weighted by molar-refractivity contribution is 0.874. The van der Waals surface area contributed by atoms with Crippen LogP contribution < -0.4 is 0 Å². The Kier molecular flexibility index (Phi) is 5.38. The van der Waals surface area contributed by atoms with Gasteiger partial charge in [0, 0.05) is 5.33 Å². The molecular formula is C8H9Br3N2S. The van der Waals surface area contributed by atoms with Gasteiger partial charge in [0.05, 0.1) is 11.4 Å². The molecule has 1 aromatic rings. The number of hydrogen-bond donors (Lipinski definition) is 0. The molecule has 0 N–H and O–H groups in total. The number of thioether (sulfide) groups is 1. The number of nitrogens with zero attached hydrogens (tertiary/aromatic N) is 2. The predicted molar refractivity (Wildman–Crippen MR) is 71.8 cm³/mol. The van der Waals surface area contributed by atoms with E-state index < -0.39 is 0 Å². The quantitative estimate of drug-likeness (QED) is 0.429. The van der Waals surface area contributed by atoms with Crippen LogP contribution in [0.1, 0.15) is 20.7 Å². The van der Waals surface area contributed by atoms with E-state index in [1.54, 1.807) is 11.8 Å². The van der Waals surface area contributed by atoms with Crippen LogP contribution in [0.25, 0.3) is 0 Å². The van der Waals surface area contributed by atoms with Gasteiger partial charge in [0.15, 0.2) is 5.16 Å². The van der Waals surface area contributed by atoms with Crippen molar-refractivity contribution >= 4 is 59.6 Å². The number of rotatable bonds is 3. The highest BCUT2D eigenvalue weighted by molar-refractivity contribution is 9.24. The molecule has 1 heterocycles. The molecule has 0 atom stereocenters. The fourth-order valence-electron chi connectivity index (χ4n) is 0.993. The van der Waals surface area contributed by atoms with Crippen molar-refractivity contribution in [3.63, 3.8) is 0 Å². The van der Waals surface area contributed by atoms with Gasteiger partial charge in [-0.05, 0) is 18.7 Å². The minimum atomic E-state index is 0.0849. The Morgan fingerprint density at radius 2 is 2.00 bits per heavy atom. The standard InChI is InChI=1S/C8H9Br3N2S/c1-4-5(3-9)12-8(14-2)13-6(4)7(10)11/h7H,3H2,1-2H3. The summed E-state index contributed by atoms with van der Waals surface area (Å²) in [6.07, 6.45) is 1.98. The maximum atomic E-state index is 4.44. The van der Waals surface area contributed by atoms with Crippen molar-refractivity contribution in [1.29, 1.82) is 0 Å². The van der Waals surface area contributed by atoms with Gasteiger partial charge in [-0.25, -0.2) is 9.97 Å². The minimum absolute atomic E-state index is 0.0849. The molecule has 2 nitrogen and oxygen atoms in total. The summed E-state index contributed by atoms with van der Waals surface area (Å²) in [4.78, 5) is 8.85. The topological polar surface area (TPSA) is 25.8 Å². The van der Waals surface area contributed by atoms with Gasteiger partial charge in [-0.3, -0.25) is 0 Å². The first-order chi connectivity index (χ1) is 6.60. The Labute approximate surface area is 113 Å². The van der Waals surface area contributed by atoms with Crippen molar-refractivity contribution in [3.05, 3.63) is 17.0 Å². The zero-order chi connectivity index (χ0) is 10.7. The molecule has 0 aromatic carbocycles. The molecule has 0 amide bonds. The van der Waals surface area contributed by atoms with E-state index in [9.17, 15) is 0 Å². The lowest BCUT2D eigenvalue weighted by Gasteiger charge is -2.10. The summed E-state index contributed by atoms with van der Waals surface area (Å²) in [5, 5.41) is 1.57. The van der Waals surface area contributed by atoms with Crippen molar-refractivity contribution in [3.8, 4) is 0 Å². The highest BCUT2D eigenvalue weighted by Crippen LogP contribution is 2.32. The van der Waals surface area contributed by atoms with E-state index in [1.165, 1.54) is 0 Å². The lowest BCUT2D eigenvalue weighted by Crippen LogP contribution is -2.02. The molecule has 0 saturated carbocycles. The molecule has 0 bridgehead atoms. The van der Waals surface area contributed by atoms with Crippen LogP contribution in [-0.2, 0) is 5.33 Å². The third-order valence-electron chi connectivity index (χ3n) is 1.78. The summed E-state index contributed by atoms with van der Waals surface area (Å²) >= 11 is 11.9. The minimum Gasteiger partial charge on any atom is -0.226 e. The highest BCUT2D eigenvalue weighted by Gasteiger charge is 2.14. The van der Waals surface area contributed by atoms with Crippen LogP contribution in [0.4, 0.5) is 0 Å². The third-order valence-corrected chi connectivity index (χ3v) is 3.73. The third kappa shape index (κ3) is 2.93. The van der Waals surface area contributed by atoms with Crippen LogP contribution in [-0.4, -0.2) is 16.2 Å². The second kappa shape index (κ2) is 5.82. The van der Waals surface area contributed by atoms with Crippen molar-refractivity contribution in [2.45, 2.75) is 21.1 Å². The van der Waals surface area contributed by atoms with Crippen LogP contribution in [0, 0.1) is 6.92 Å². The summed E-state index contributed by atoms with van der Waals surface area (Å²) in [6.45, 7) is 2.03. The molecule has 1 aromatic heterocycles. The molecular weight excluding hydrogens is 396 g/mol. The van der Waals surface area contributed by atoms with Gasteiger partial charge in [-0.1, -0.05) is 59.6 Å². The molecule has 14 heavy (non-hydrogen) atoms. The van der Waals surface area contributed by atoms with Gasteiger partial charge in [-0.15, -0.1) is 0 Å². The molecule has 0 fully saturated rings. The zero-order valence-electron chi connectivity index (χ0n) is 7.72. The van der Waals surface area contributed by atoms with Crippen LogP contribution in [0.2, 0.25) is 0 Å². The van der Waals surface area contributed by atoms with Crippen LogP contribution >= 0.6 is 59.6 Å². The largest absolute Gasteiger partial charge is 0.226 e. The van der Waals surface area contributed by atoms with Crippen LogP contribution in [0.3, 0.4) is 0 Å². The molecule has 0 aliphatic rings. The first kappa shape index (κ1) is 12.9. The first-order valence-electron chi connectivity index (χ1n) is 3.85. The monoisotopic (exact) mass is 402 g/mol. The van der Waals surface area contributed by atoms with E-state index in [0.29, 0.717) is 0 Å². The maximum Gasteiger partial charge on any atom is 0.187 e. The molecule has 0 spiro atoms. The molecule has 78 valence electrons. The van der Waals surface area contributed by atoms with E-state index in [1.807, 2.05) is 13.2 Å². The number of alkyl halides is 3. The van der Waals surface area contributed by atoms with Crippen molar-refractivity contribution < 1.29 is 0 Å². The van der Waals surface area contributed by atoms with Crippen LogP contribution in [0.5, 0.6) is 0 Å².